The fourth-order valence-corrected chi connectivity index (χ4v) is 1.86. The lowest BCUT2D eigenvalue weighted by molar-refractivity contribution is 0.00578. The van der Waals surface area contributed by atoms with E-state index in [9.17, 15) is 0 Å². The minimum Gasteiger partial charge on any atom is -0.398 e. The summed E-state index contributed by atoms with van der Waals surface area (Å²) < 4.78 is 67.8. The van der Waals surface area contributed by atoms with Crippen LogP contribution in [0.1, 0.15) is 37.3 Å². The van der Waals surface area contributed by atoms with Gasteiger partial charge in [0.1, 0.15) is 0 Å². The van der Waals surface area contributed by atoms with Gasteiger partial charge in [-0.15, -0.1) is 0 Å². The average molecular weight is 289 g/mol. The van der Waals surface area contributed by atoms with Gasteiger partial charge in [0.25, 0.3) is 0 Å². The lowest BCUT2D eigenvalue weighted by Gasteiger charge is -2.32. The van der Waals surface area contributed by atoms with E-state index < -0.39 is 54.8 Å². The molecule has 108 valence electrons. The van der Waals surface area contributed by atoms with Gasteiger partial charge in [0.05, 0.1) is 32.1 Å². The summed E-state index contributed by atoms with van der Waals surface area (Å²) in [6.45, 7) is 7.29. The van der Waals surface area contributed by atoms with Crippen molar-refractivity contribution < 1.29 is 18.9 Å². The molecule has 2 aromatic heterocycles. The van der Waals surface area contributed by atoms with E-state index in [2.05, 4.69) is 9.97 Å². The SMILES string of the molecule is [2H]c1nc([2H])c([2H])c(-c2nc(B3OC(C)(C)C(C)(C)O3)c([2H])c([2H])c2[2H])c1[2H]. The van der Waals surface area contributed by atoms with Crippen molar-refractivity contribution in [1.29, 1.82) is 0 Å². The Balaban J connectivity index is 2.25. The second kappa shape index (κ2) is 4.93. The van der Waals surface area contributed by atoms with Crippen molar-refractivity contribution in [1.82, 2.24) is 9.97 Å². The van der Waals surface area contributed by atoms with Gasteiger partial charge in [-0.1, -0.05) is 6.04 Å². The van der Waals surface area contributed by atoms with E-state index in [0.717, 1.165) is 0 Å². The third-order valence-corrected chi connectivity index (χ3v) is 3.79. The Morgan fingerprint density at radius 1 is 1.00 bits per heavy atom. The number of rotatable bonds is 2. The van der Waals surface area contributed by atoms with E-state index >= 15 is 0 Å². The van der Waals surface area contributed by atoms with E-state index in [-0.39, 0.29) is 22.9 Å². The predicted octanol–water partition coefficient (Wildman–Crippen LogP) is 2.44. The second-order valence-corrected chi connectivity index (χ2v) is 5.77. The van der Waals surface area contributed by atoms with Crippen LogP contribution in [-0.4, -0.2) is 28.3 Å². The molecule has 3 heterocycles. The predicted molar refractivity (Wildman–Crippen MR) is 83.2 cm³/mol. The second-order valence-electron chi connectivity index (χ2n) is 5.77. The van der Waals surface area contributed by atoms with Gasteiger partial charge in [-0.25, -0.2) is 0 Å². The number of nitrogens with zero attached hydrogens (tertiary/aromatic N) is 2. The molecule has 21 heavy (non-hydrogen) atoms. The highest BCUT2D eigenvalue weighted by Crippen LogP contribution is 2.36. The highest BCUT2D eigenvalue weighted by molar-refractivity contribution is 6.61. The van der Waals surface area contributed by atoms with Gasteiger partial charge in [0.2, 0.25) is 0 Å². The first-order chi connectivity index (χ1) is 12.8. The van der Waals surface area contributed by atoms with Crippen LogP contribution in [0, 0.1) is 0 Å². The Hall–Kier alpha value is -1.72. The summed E-state index contributed by atoms with van der Waals surface area (Å²) in [7, 11) is -1.07. The topological polar surface area (TPSA) is 44.2 Å². The Morgan fingerprint density at radius 3 is 2.24 bits per heavy atom. The zero-order valence-corrected chi connectivity index (χ0v) is 12.3. The van der Waals surface area contributed by atoms with E-state index in [1.54, 1.807) is 0 Å². The van der Waals surface area contributed by atoms with Gasteiger partial charge in [-0.05, 0) is 51.9 Å². The zero-order valence-electron chi connectivity index (χ0n) is 19.3. The smallest absolute Gasteiger partial charge is 0.398 e. The minimum absolute atomic E-state index is 0.0525. The highest BCUT2D eigenvalue weighted by Gasteiger charge is 2.52. The molecule has 0 N–H and O–H groups in total. The third kappa shape index (κ3) is 2.59. The van der Waals surface area contributed by atoms with Crippen LogP contribution in [-0.2, 0) is 9.31 Å². The van der Waals surface area contributed by atoms with Crippen LogP contribution in [0.25, 0.3) is 11.3 Å². The molecule has 0 unspecified atom stereocenters. The van der Waals surface area contributed by atoms with Crippen molar-refractivity contribution in [3.63, 3.8) is 0 Å². The average Bonchev–Trinajstić information content (AvgIpc) is 2.80. The minimum atomic E-state index is -1.07. The quantitative estimate of drug-likeness (QED) is 0.797. The molecule has 1 saturated heterocycles. The van der Waals surface area contributed by atoms with Crippen LogP contribution >= 0.6 is 0 Å². The summed E-state index contributed by atoms with van der Waals surface area (Å²) in [5.74, 6) is 0. The molecule has 0 saturated carbocycles. The zero-order chi connectivity index (χ0) is 21.2. The molecular weight excluding hydrogens is 263 g/mol. The molecule has 0 spiro atoms. The lowest BCUT2D eigenvalue weighted by atomic mass is 9.84. The van der Waals surface area contributed by atoms with Gasteiger partial charge < -0.3 is 9.31 Å². The van der Waals surface area contributed by atoms with Gasteiger partial charge in [-0.3, -0.25) is 9.97 Å². The maximum Gasteiger partial charge on any atom is 0.514 e. The monoisotopic (exact) mass is 289 g/mol. The molecule has 2 aromatic rings. The van der Waals surface area contributed by atoms with Crippen molar-refractivity contribution in [2.24, 2.45) is 0 Å². The number of hydrogen-bond acceptors (Lipinski definition) is 4. The van der Waals surface area contributed by atoms with Crippen molar-refractivity contribution in [2.75, 3.05) is 0 Å². The van der Waals surface area contributed by atoms with E-state index in [1.165, 1.54) is 0 Å². The number of pyridine rings is 2. The van der Waals surface area contributed by atoms with Crippen molar-refractivity contribution in [2.45, 2.75) is 38.9 Å². The molecule has 3 rings (SSSR count). The molecular formula is C16H19BN2O2. The molecule has 0 radical (unpaired) electrons. The summed E-state index contributed by atoms with van der Waals surface area (Å²) in [4.78, 5) is 7.74. The largest absolute Gasteiger partial charge is 0.514 e. The third-order valence-electron chi connectivity index (χ3n) is 3.79. The standard InChI is InChI=1S/C16H19BN2O2/c1-15(2)16(3,4)21-17(20-15)14-7-5-6-13(19-14)12-8-10-18-11-9-12/h5-11H,1-4H3/i5D,6D,7D,8D,9D,10D,11D. The van der Waals surface area contributed by atoms with Crippen LogP contribution in [0.2, 0.25) is 0 Å². The maximum absolute atomic E-state index is 8.20. The maximum atomic E-state index is 8.20. The van der Waals surface area contributed by atoms with Gasteiger partial charge >= 0.3 is 7.12 Å². The van der Waals surface area contributed by atoms with Gasteiger partial charge in [0.15, 0.2) is 0 Å². The lowest BCUT2D eigenvalue weighted by Crippen LogP contribution is -2.41. The molecule has 1 fully saturated rings. The molecule has 4 nitrogen and oxygen atoms in total. The molecule has 0 aliphatic carbocycles. The van der Waals surface area contributed by atoms with Crippen LogP contribution in [0.3, 0.4) is 0 Å². The van der Waals surface area contributed by atoms with Crippen LogP contribution < -0.4 is 5.59 Å². The Labute approximate surface area is 135 Å². The molecule has 0 bridgehead atoms. The summed E-state index contributed by atoms with van der Waals surface area (Å²) >= 11 is 0. The highest BCUT2D eigenvalue weighted by atomic mass is 16.7. The van der Waals surface area contributed by atoms with Crippen LogP contribution in [0.4, 0.5) is 0 Å². The summed E-state index contributed by atoms with van der Waals surface area (Å²) in [6.07, 6.45) is -1.06. The molecule has 1 aliphatic rings. The first-order valence-corrected chi connectivity index (χ1v) is 6.56. The molecule has 0 amide bonds. The normalized spacial score (nSPS) is 24.4. The molecule has 0 aromatic carbocycles. The number of hydrogen-bond donors (Lipinski definition) is 0. The first-order valence-electron chi connectivity index (χ1n) is 10.1. The van der Waals surface area contributed by atoms with Crippen LogP contribution in [0.15, 0.2) is 42.6 Å². The van der Waals surface area contributed by atoms with Gasteiger partial charge in [-0.2, -0.15) is 0 Å². The van der Waals surface area contributed by atoms with E-state index in [4.69, 9.17) is 18.9 Å². The molecule has 0 atom stereocenters. The Morgan fingerprint density at radius 2 is 1.62 bits per heavy atom. The van der Waals surface area contributed by atoms with Crippen molar-refractivity contribution in [3.8, 4) is 11.3 Å². The Bertz CT molecular complexity index is 942. The van der Waals surface area contributed by atoms with Crippen LogP contribution in [0.5, 0.6) is 0 Å². The van der Waals surface area contributed by atoms with Crippen molar-refractivity contribution >= 4 is 12.7 Å². The fourth-order valence-electron chi connectivity index (χ4n) is 1.86. The summed E-state index contributed by atoms with van der Waals surface area (Å²) in [5.41, 5.74) is -1.97. The number of aromatic nitrogens is 2. The van der Waals surface area contributed by atoms with E-state index in [0.29, 0.717) is 0 Å². The van der Waals surface area contributed by atoms with Crippen molar-refractivity contribution in [3.05, 3.63) is 42.6 Å². The molecule has 5 heteroatoms. The summed E-state index contributed by atoms with van der Waals surface area (Å²) in [5, 5.41) is 0. The first kappa shape index (κ1) is 8.06. The summed E-state index contributed by atoms with van der Waals surface area (Å²) in [6, 6.07) is -2.24. The van der Waals surface area contributed by atoms with E-state index in [1.807, 2.05) is 27.7 Å². The van der Waals surface area contributed by atoms with Gasteiger partial charge in [0, 0.05) is 17.9 Å². The fraction of sp³-hybridized carbons (Fsp3) is 0.375. The molecule has 1 aliphatic heterocycles. The Kier molecular flexibility index (Phi) is 1.89.